The highest BCUT2D eigenvalue weighted by atomic mass is 79.9. The number of hydrogen-bond acceptors (Lipinski definition) is 3. The number of amides is 2. The molecule has 0 radical (unpaired) electrons. The fourth-order valence-corrected chi connectivity index (χ4v) is 3.94. The molecule has 6 heteroatoms. The normalized spacial score (nSPS) is 14.3. The first-order chi connectivity index (χ1) is 13.4. The molecule has 0 spiro atoms. The molecule has 2 aromatic carbocycles. The number of rotatable bonds is 4. The molecule has 0 atom stereocenters. The largest absolute Gasteiger partial charge is 0.497 e. The molecule has 1 aromatic heterocycles. The van der Waals surface area contributed by atoms with E-state index < -0.39 is 11.8 Å². The Kier molecular flexibility index (Phi) is 4.59. The molecule has 2 heterocycles. The van der Waals surface area contributed by atoms with Crippen LogP contribution in [0.1, 0.15) is 30.9 Å². The van der Waals surface area contributed by atoms with Crippen molar-refractivity contribution in [3.63, 3.8) is 0 Å². The minimum absolute atomic E-state index is 0.253. The van der Waals surface area contributed by atoms with Crippen molar-refractivity contribution in [2.45, 2.75) is 19.8 Å². The van der Waals surface area contributed by atoms with Gasteiger partial charge in [-0.05, 0) is 69.4 Å². The molecule has 1 aliphatic rings. The topological polar surface area (TPSA) is 71.2 Å². The van der Waals surface area contributed by atoms with Gasteiger partial charge in [-0.1, -0.05) is 19.9 Å². The van der Waals surface area contributed by atoms with Gasteiger partial charge in [-0.25, -0.2) is 0 Å². The number of aromatic amines is 1. The molecule has 0 fully saturated rings. The fraction of sp³-hybridized carbons (Fsp3) is 0.182. The van der Waals surface area contributed by atoms with E-state index in [2.05, 4.69) is 52.2 Å². The number of carbonyl (C=O) groups is 2. The zero-order chi connectivity index (χ0) is 20.0. The third-order valence-corrected chi connectivity index (χ3v) is 5.75. The van der Waals surface area contributed by atoms with E-state index in [0.29, 0.717) is 11.5 Å². The lowest BCUT2D eigenvalue weighted by atomic mass is 9.95. The number of halogens is 1. The molecule has 4 rings (SSSR count). The van der Waals surface area contributed by atoms with Gasteiger partial charge in [0.25, 0.3) is 11.8 Å². The van der Waals surface area contributed by atoms with E-state index in [1.165, 1.54) is 0 Å². The number of H-pyrrole nitrogens is 1. The lowest BCUT2D eigenvalue weighted by Crippen LogP contribution is -2.22. The molecule has 28 heavy (non-hydrogen) atoms. The van der Waals surface area contributed by atoms with Gasteiger partial charge in [0.15, 0.2) is 0 Å². The standard InChI is InChI=1S/C22H19BrN2O3/c1-11(2)13-6-9-16-15(10-13)17(18-19(23)22(27)25-21(18)26)20(24-16)12-4-7-14(28-3)8-5-12/h4-11,24H,1-3H3,(H,25,26,27). The summed E-state index contributed by atoms with van der Waals surface area (Å²) in [4.78, 5) is 28.1. The van der Waals surface area contributed by atoms with Gasteiger partial charge in [0.2, 0.25) is 0 Å². The molecule has 3 aromatic rings. The summed E-state index contributed by atoms with van der Waals surface area (Å²) >= 11 is 3.31. The third-order valence-electron chi connectivity index (χ3n) is 4.99. The van der Waals surface area contributed by atoms with Gasteiger partial charge >= 0.3 is 0 Å². The van der Waals surface area contributed by atoms with Crippen molar-refractivity contribution in [3.8, 4) is 17.0 Å². The highest BCUT2D eigenvalue weighted by molar-refractivity contribution is 9.12. The van der Waals surface area contributed by atoms with Crippen LogP contribution in [0.25, 0.3) is 27.7 Å². The summed E-state index contributed by atoms with van der Waals surface area (Å²) in [5, 5.41) is 3.28. The van der Waals surface area contributed by atoms with Crippen molar-refractivity contribution in [1.82, 2.24) is 10.3 Å². The molecule has 142 valence electrons. The number of aromatic nitrogens is 1. The molecule has 0 saturated carbocycles. The number of imide groups is 1. The summed E-state index contributed by atoms with van der Waals surface area (Å²) in [7, 11) is 1.62. The number of nitrogens with one attached hydrogen (secondary N) is 2. The zero-order valence-corrected chi connectivity index (χ0v) is 17.3. The lowest BCUT2D eigenvalue weighted by molar-refractivity contribution is -0.123. The predicted molar refractivity (Wildman–Crippen MR) is 113 cm³/mol. The van der Waals surface area contributed by atoms with Crippen LogP contribution in [0.5, 0.6) is 5.75 Å². The summed E-state index contributed by atoms with van der Waals surface area (Å²) in [6, 6.07) is 13.8. The van der Waals surface area contributed by atoms with E-state index in [-0.39, 0.29) is 4.48 Å². The number of fused-ring (bicyclic) bond motifs is 1. The number of benzene rings is 2. The van der Waals surface area contributed by atoms with E-state index in [1.807, 2.05) is 30.3 Å². The van der Waals surface area contributed by atoms with Gasteiger partial charge in [-0.2, -0.15) is 0 Å². The van der Waals surface area contributed by atoms with E-state index in [1.54, 1.807) is 7.11 Å². The van der Waals surface area contributed by atoms with Crippen molar-refractivity contribution in [2.24, 2.45) is 0 Å². The van der Waals surface area contributed by atoms with Crippen LogP contribution in [0.2, 0.25) is 0 Å². The molecular formula is C22H19BrN2O3. The minimum Gasteiger partial charge on any atom is -0.497 e. The molecule has 0 bridgehead atoms. The minimum atomic E-state index is -0.421. The van der Waals surface area contributed by atoms with Crippen LogP contribution in [0.15, 0.2) is 46.9 Å². The van der Waals surface area contributed by atoms with E-state index in [0.717, 1.165) is 39.0 Å². The average Bonchev–Trinajstić information content (AvgIpc) is 3.17. The van der Waals surface area contributed by atoms with Crippen molar-refractivity contribution >= 4 is 44.2 Å². The molecule has 2 amide bonds. The van der Waals surface area contributed by atoms with Crippen LogP contribution in [-0.4, -0.2) is 23.9 Å². The molecule has 5 nitrogen and oxygen atoms in total. The smallest absolute Gasteiger partial charge is 0.265 e. The molecule has 0 saturated heterocycles. The summed E-state index contributed by atoms with van der Waals surface area (Å²) in [6.45, 7) is 4.25. The van der Waals surface area contributed by atoms with Gasteiger partial charge in [0, 0.05) is 16.5 Å². The van der Waals surface area contributed by atoms with Crippen molar-refractivity contribution in [1.29, 1.82) is 0 Å². The Morgan fingerprint density at radius 2 is 1.71 bits per heavy atom. The summed E-state index contributed by atoms with van der Waals surface area (Å²) < 4.78 is 5.50. The highest BCUT2D eigenvalue weighted by Crippen LogP contribution is 2.40. The van der Waals surface area contributed by atoms with Crippen LogP contribution >= 0.6 is 15.9 Å². The van der Waals surface area contributed by atoms with Gasteiger partial charge < -0.3 is 9.72 Å². The van der Waals surface area contributed by atoms with Crippen molar-refractivity contribution in [3.05, 3.63) is 58.1 Å². The lowest BCUT2D eigenvalue weighted by Gasteiger charge is -2.08. The quantitative estimate of drug-likeness (QED) is 0.578. The zero-order valence-electron chi connectivity index (χ0n) is 15.7. The van der Waals surface area contributed by atoms with E-state index in [4.69, 9.17) is 4.74 Å². The van der Waals surface area contributed by atoms with Crippen molar-refractivity contribution in [2.75, 3.05) is 7.11 Å². The fourth-order valence-electron chi connectivity index (χ4n) is 3.46. The van der Waals surface area contributed by atoms with E-state index >= 15 is 0 Å². The van der Waals surface area contributed by atoms with E-state index in [9.17, 15) is 9.59 Å². The van der Waals surface area contributed by atoms with Gasteiger partial charge in [0.05, 0.1) is 22.9 Å². The van der Waals surface area contributed by atoms with Crippen molar-refractivity contribution < 1.29 is 14.3 Å². The maximum Gasteiger partial charge on any atom is 0.265 e. The van der Waals surface area contributed by atoms with Crippen LogP contribution < -0.4 is 10.1 Å². The highest BCUT2D eigenvalue weighted by Gasteiger charge is 2.33. The molecule has 0 unspecified atom stereocenters. The molecular weight excluding hydrogens is 420 g/mol. The second kappa shape index (κ2) is 6.95. The number of methoxy groups -OCH3 is 1. The summed E-state index contributed by atoms with van der Waals surface area (Å²) in [5.74, 6) is 0.267. The molecule has 2 N–H and O–H groups in total. The Morgan fingerprint density at radius 3 is 2.29 bits per heavy atom. The first-order valence-electron chi connectivity index (χ1n) is 8.96. The van der Waals surface area contributed by atoms with Crippen LogP contribution in [0.3, 0.4) is 0 Å². The third kappa shape index (κ3) is 2.94. The van der Waals surface area contributed by atoms with Gasteiger partial charge in [0.1, 0.15) is 5.75 Å². The van der Waals surface area contributed by atoms with Crippen LogP contribution in [0, 0.1) is 0 Å². The maximum atomic E-state index is 12.6. The summed E-state index contributed by atoms with van der Waals surface area (Å²) in [6.07, 6.45) is 0. The van der Waals surface area contributed by atoms with Gasteiger partial charge in [-0.15, -0.1) is 0 Å². The summed E-state index contributed by atoms with van der Waals surface area (Å²) in [5.41, 5.74) is 4.83. The first-order valence-corrected chi connectivity index (χ1v) is 9.76. The maximum absolute atomic E-state index is 12.6. The Labute approximate surface area is 170 Å². The number of carbonyl (C=O) groups excluding carboxylic acids is 2. The second-order valence-corrected chi connectivity index (χ2v) is 7.83. The average molecular weight is 439 g/mol. The number of hydrogen-bond donors (Lipinski definition) is 2. The molecule has 1 aliphatic heterocycles. The Morgan fingerprint density at radius 1 is 1.00 bits per heavy atom. The van der Waals surface area contributed by atoms with Crippen LogP contribution in [-0.2, 0) is 9.59 Å². The van der Waals surface area contributed by atoms with Gasteiger partial charge in [-0.3, -0.25) is 14.9 Å². The Balaban J connectivity index is 2.04. The molecule has 0 aliphatic carbocycles. The Hall–Kier alpha value is -2.86. The monoisotopic (exact) mass is 438 g/mol. The predicted octanol–water partition coefficient (Wildman–Crippen LogP) is 4.73. The SMILES string of the molecule is COc1ccc(-c2[nH]c3ccc(C(C)C)cc3c2C2=C(Br)C(=O)NC2=O)cc1. The number of ether oxygens (including phenoxy) is 1. The van der Waals surface area contributed by atoms with Crippen LogP contribution in [0.4, 0.5) is 0 Å². The first kappa shape index (κ1) is 18.5. The Bertz CT molecular complexity index is 1140. The second-order valence-electron chi connectivity index (χ2n) is 7.04.